The zero-order chi connectivity index (χ0) is 59.2. The number of aliphatic carboxylic acids is 1. The number of carbonyl (C=O) groups excluding carboxylic acids is 2. The fourth-order valence-electron chi connectivity index (χ4n) is 10.2. The maximum Gasteiger partial charge on any atom is 0.472 e. The second-order valence-corrected chi connectivity index (χ2v) is 21.9. The number of nitrogens with two attached hydrogens (primary N) is 1. The number of hydrogen-bond donors (Lipinski definition) is 14. The highest BCUT2D eigenvalue weighted by molar-refractivity contribution is 7.47. The van der Waals surface area contributed by atoms with E-state index in [1.165, 1.54) is 20.8 Å². The van der Waals surface area contributed by atoms with Crippen LogP contribution >= 0.6 is 7.82 Å². The van der Waals surface area contributed by atoms with Crippen molar-refractivity contribution in [3.63, 3.8) is 0 Å². The molecule has 468 valence electrons. The van der Waals surface area contributed by atoms with Gasteiger partial charge in [-0.05, 0) is 20.8 Å². The maximum absolute atomic E-state index is 13.3. The summed E-state index contributed by atoms with van der Waals surface area (Å²) in [6, 6.07) is -3.22. The first-order valence-corrected chi connectivity index (χ1v) is 28.0. The maximum atomic E-state index is 13.3. The highest BCUT2D eigenvalue weighted by atomic mass is 31.2. The number of carboxylic acids is 1. The van der Waals surface area contributed by atoms with Crippen molar-refractivity contribution in [2.75, 3.05) is 52.8 Å². The number of phosphoric ester groups is 1. The molecule has 34 nitrogen and oxygen atoms in total. The largest absolute Gasteiger partial charge is 0.479 e. The molecule has 0 aromatic rings. The number of aliphatic hydroxyl groups is 9. The van der Waals surface area contributed by atoms with Gasteiger partial charge in [0.05, 0.1) is 76.8 Å². The number of fused-ring (bicyclic) bond motifs is 1. The zero-order valence-corrected chi connectivity index (χ0v) is 45.7. The van der Waals surface area contributed by atoms with Crippen molar-refractivity contribution < 1.29 is 150 Å². The number of rotatable bonds is 23. The van der Waals surface area contributed by atoms with Crippen LogP contribution in [0.25, 0.3) is 0 Å². The molecule has 0 spiro atoms. The number of ether oxygens (including phenoxy) is 14. The average molecular weight is 1200 g/mol. The van der Waals surface area contributed by atoms with Crippen molar-refractivity contribution >= 4 is 25.6 Å². The molecule has 15 N–H and O–H groups in total. The number of hydrogen-bond acceptors (Lipinski definition) is 30. The summed E-state index contributed by atoms with van der Waals surface area (Å²) in [6.45, 7) is 5.77. The minimum atomic E-state index is -4.82. The molecular formula is C46H78N3O31P. The average Bonchev–Trinajstić information content (AvgIpc) is 3.58. The van der Waals surface area contributed by atoms with E-state index in [-0.39, 0.29) is 39.3 Å². The van der Waals surface area contributed by atoms with E-state index in [4.69, 9.17) is 81.1 Å². The van der Waals surface area contributed by atoms with Crippen molar-refractivity contribution in [2.45, 2.75) is 219 Å². The normalized spacial score (nSPS) is 46.8. The third kappa shape index (κ3) is 16.4. The number of aliphatic hydroxyl groups excluding tert-OH is 9. The number of phosphoric acid groups is 1. The summed E-state index contributed by atoms with van der Waals surface area (Å²) in [5.74, 6) is -3.37. The summed E-state index contributed by atoms with van der Waals surface area (Å²) in [7, 11) is -4.82. The molecule has 29 atom stereocenters. The monoisotopic (exact) mass is 1200 g/mol. The van der Waals surface area contributed by atoms with Gasteiger partial charge in [-0.1, -0.05) is 0 Å². The Morgan fingerprint density at radius 1 is 0.568 bits per heavy atom. The summed E-state index contributed by atoms with van der Waals surface area (Å²) >= 11 is 0. The Bertz CT molecular complexity index is 2080. The summed E-state index contributed by atoms with van der Waals surface area (Å²) < 4.78 is 106. The van der Waals surface area contributed by atoms with Crippen LogP contribution in [0.15, 0.2) is 0 Å². The summed E-state index contributed by atoms with van der Waals surface area (Å²) in [4.78, 5) is 49.3. The van der Waals surface area contributed by atoms with Crippen LogP contribution in [0.1, 0.15) is 47.5 Å². The number of amides is 2. The van der Waals surface area contributed by atoms with Gasteiger partial charge in [-0.2, -0.15) is 0 Å². The van der Waals surface area contributed by atoms with Crippen LogP contribution in [-0.2, 0) is 94.3 Å². The molecule has 0 radical (unpaired) electrons. The SMILES string of the molecule is CC(=O)NC1C(O[C@@H]2OC(C(=O)O)[C@H](O[C@@H]3OC(CO)[C@@H](OC4O[C@H](C)[C@@H](O)C[C@H]4O)C(O[C@@H]4OC5COP(=O)(O)O[C@@H]5C(O)C4OC4O[C@@H](C)[C@H](O)C[C@@H]4O)C3NC(C)=O)C(O)C2O)[C@H](O)C(C)O[C@H]1OCCOCCOCCN. The van der Waals surface area contributed by atoms with Gasteiger partial charge in [0.15, 0.2) is 43.8 Å². The van der Waals surface area contributed by atoms with Gasteiger partial charge in [0.2, 0.25) is 11.8 Å². The molecule has 7 rings (SSSR count). The van der Waals surface area contributed by atoms with Gasteiger partial charge in [0.1, 0.15) is 97.5 Å². The molecule has 0 bridgehead atoms. The van der Waals surface area contributed by atoms with Crippen LogP contribution in [0.2, 0.25) is 0 Å². The van der Waals surface area contributed by atoms with Crippen molar-refractivity contribution in [3.05, 3.63) is 0 Å². The van der Waals surface area contributed by atoms with E-state index >= 15 is 0 Å². The van der Waals surface area contributed by atoms with Crippen LogP contribution < -0.4 is 16.4 Å². The Balaban J connectivity index is 1.18. The molecule has 0 aromatic carbocycles. The molecule has 7 aliphatic heterocycles. The molecule has 7 heterocycles. The number of carbonyl (C=O) groups is 3. The lowest BCUT2D eigenvalue weighted by Gasteiger charge is -2.52. The summed E-state index contributed by atoms with van der Waals surface area (Å²) in [5.41, 5.74) is 5.42. The molecular weight excluding hydrogens is 1120 g/mol. The van der Waals surface area contributed by atoms with Crippen molar-refractivity contribution in [3.8, 4) is 0 Å². The molecule has 35 heteroatoms. The van der Waals surface area contributed by atoms with Crippen LogP contribution in [0, 0.1) is 0 Å². The molecule has 0 saturated carbocycles. The Morgan fingerprint density at radius 3 is 1.68 bits per heavy atom. The first-order chi connectivity index (χ1) is 38.3. The third-order valence-electron chi connectivity index (χ3n) is 14.4. The van der Waals surface area contributed by atoms with Gasteiger partial charge in [0.25, 0.3) is 0 Å². The van der Waals surface area contributed by atoms with Crippen molar-refractivity contribution in [1.29, 1.82) is 0 Å². The highest BCUT2D eigenvalue weighted by Gasteiger charge is 2.60. The molecule has 2 amide bonds. The predicted octanol–water partition coefficient (Wildman–Crippen LogP) is -7.40. The molecule has 7 fully saturated rings. The lowest BCUT2D eigenvalue weighted by atomic mass is 9.93. The lowest BCUT2D eigenvalue weighted by molar-refractivity contribution is -0.394. The standard InChI is InChI=1S/C46H78N3O31P/c1-16-21(53)12-23(55)41(69-16)74-34-25(14-50)72-44(28(49-20(5)52)36(34)76-46-38(78-42-24(56)13-22(54)17(2)70-42)32(60)33-26(73-46)15-68-81(63,64)80-33)77-37-30(58)31(59)45(79-39(37)40(61)62)75-35-27(48-19(4)51)43(71-18(3)29(35)57)67-11-10-66-9-8-65-7-6-47/h16-18,21-39,41-46,50,53-60H,6-15,47H2,1-5H3,(H,48,51)(H,49,52)(H,61,62)(H,63,64)/t16-,17+,18?,21+,22-,23-,24+,25?,26?,27?,28?,29-,30?,31?,32?,33+,34-,35?,36?,37-,38?,39?,41?,42?,43-,44+,45-,46+/m1/s1. The zero-order valence-electron chi connectivity index (χ0n) is 44.8. The Kier molecular flexibility index (Phi) is 23.9. The van der Waals surface area contributed by atoms with Crippen LogP contribution in [0.3, 0.4) is 0 Å². The Hall–Kier alpha value is -2.44. The second kappa shape index (κ2) is 29.3. The van der Waals surface area contributed by atoms with Gasteiger partial charge in [0, 0.05) is 33.2 Å². The van der Waals surface area contributed by atoms with E-state index < -0.39 is 211 Å². The lowest BCUT2D eigenvalue weighted by Crippen LogP contribution is -2.71. The van der Waals surface area contributed by atoms with E-state index in [2.05, 4.69) is 10.6 Å². The van der Waals surface area contributed by atoms with Crippen molar-refractivity contribution in [2.24, 2.45) is 5.73 Å². The Morgan fingerprint density at radius 2 is 1.10 bits per heavy atom. The smallest absolute Gasteiger partial charge is 0.472 e. The molecule has 15 unspecified atom stereocenters. The third-order valence-corrected chi connectivity index (χ3v) is 15.4. The fourth-order valence-corrected chi connectivity index (χ4v) is 11.1. The van der Waals surface area contributed by atoms with Gasteiger partial charge < -0.3 is 139 Å². The molecule has 7 saturated heterocycles. The van der Waals surface area contributed by atoms with E-state index in [1.54, 1.807) is 0 Å². The Labute approximate surface area is 463 Å². The van der Waals surface area contributed by atoms with Gasteiger partial charge >= 0.3 is 13.8 Å². The van der Waals surface area contributed by atoms with Crippen molar-refractivity contribution in [1.82, 2.24) is 10.6 Å². The van der Waals surface area contributed by atoms with Gasteiger partial charge in [-0.15, -0.1) is 0 Å². The summed E-state index contributed by atoms with van der Waals surface area (Å²) in [6.07, 6.45) is -44.8. The number of carboxylic acid groups (broad SMARTS) is 1. The minimum Gasteiger partial charge on any atom is -0.479 e. The van der Waals surface area contributed by atoms with E-state index in [0.29, 0.717) is 13.2 Å². The molecule has 81 heavy (non-hydrogen) atoms. The summed E-state index contributed by atoms with van der Waals surface area (Å²) in [5, 5.41) is 117. The quantitative estimate of drug-likeness (QED) is 0.0334. The minimum absolute atomic E-state index is 0.0239. The molecule has 0 aliphatic carbocycles. The fraction of sp³-hybridized carbons (Fsp3) is 0.935. The van der Waals surface area contributed by atoms with Gasteiger partial charge in [-0.25, -0.2) is 9.36 Å². The van der Waals surface area contributed by atoms with Crippen LogP contribution in [-0.4, -0.2) is 298 Å². The van der Waals surface area contributed by atoms with Gasteiger partial charge in [-0.3, -0.25) is 18.6 Å². The topological polar surface area (TPSA) is 489 Å². The van der Waals surface area contributed by atoms with E-state index in [0.717, 1.165) is 13.8 Å². The van der Waals surface area contributed by atoms with E-state index in [9.17, 15) is 74.9 Å². The second-order valence-electron chi connectivity index (χ2n) is 20.5. The first-order valence-electron chi connectivity index (χ1n) is 26.5. The van der Waals surface area contributed by atoms with Crippen LogP contribution in [0.4, 0.5) is 0 Å². The molecule has 0 aromatic heterocycles. The molecule has 7 aliphatic rings. The predicted molar refractivity (Wildman–Crippen MR) is 258 cm³/mol. The first kappa shape index (κ1) is 66.1. The number of nitrogens with one attached hydrogen (secondary N) is 2. The van der Waals surface area contributed by atoms with E-state index in [1.807, 2.05) is 0 Å². The van der Waals surface area contributed by atoms with Crippen LogP contribution in [0.5, 0.6) is 0 Å². The highest BCUT2D eigenvalue weighted by Crippen LogP contribution is 2.51.